The molecular weight excluding hydrogens is 456 g/mol. The Morgan fingerprint density at radius 3 is 1.50 bits per heavy atom. The van der Waals surface area contributed by atoms with Gasteiger partial charge in [0.15, 0.2) is 0 Å². The zero-order valence-corrected chi connectivity index (χ0v) is 19.5. The van der Waals surface area contributed by atoms with Gasteiger partial charge in [-0.3, -0.25) is 4.79 Å². The minimum Gasteiger partial charge on any atom is -0.508 e. The SMILES string of the molecule is O=C(O)/C=C/c1ccccc1.O=C(O)CC(c1ccccc1)c1ccc(O)cc1.Oc1ccccc1. The number of phenolic OH excluding ortho intramolecular Hbond substituents is 2. The summed E-state index contributed by atoms with van der Waals surface area (Å²) >= 11 is 0. The number of benzene rings is 4. The number of rotatable bonds is 6. The number of carbonyl (C=O) groups is 2. The van der Waals surface area contributed by atoms with E-state index in [1.807, 2.05) is 66.7 Å². The van der Waals surface area contributed by atoms with Gasteiger partial charge in [-0.05, 0) is 47.0 Å². The quantitative estimate of drug-likeness (QED) is 0.243. The van der Waals surface area contributed by atoms with Crippen molar-refractivity contribution >= 4 is 18.0 Å². The molecule has 4 rings (SSSR count). The molecule has 0 saturated carbocycles. The van der Waals surface area contributed by atoms with Crippen LogP contribution >= 0.6 is 0 Å². The van der Waals surface area contributed by atoms with Crippen molar-refractivity contribution < 1.29 is 30.0 Å². The van der Waals surface area contributed by atoms with E-state index in [9.17, 15) is 14.7 Å². The van der Waals surface area contributed by atoms with Crippen LogP contribution in [0.4, 0.5) is 0 Å². The van der Waals surface area contributed by atoms with Gasteiger partial charge in [0, 0.05) is 12.0 Å². The zero-order valence-electron chi connectivity index (χ0n) is 19.5. The van der Waals surface area contributed by atoms with Crippen LogP contribution in [0.15, 0.2) is 121 Å². The summed E-state index contributed by atoms with van der Waals surface area (Å²) in [5, 5.41) is 35.2. The van der Waals surface area contributed by atoms with E-state index in [1.54, 1.807) is 54.6 Å². The Kier molecular flexibility index (Phi) is 11.5. The average Bonchev–Trinajstić information content (AvgIpc) is 2.89. The Bertz CT molecular complexity index is 1200. The molecule has 4 N–H and O–H groups in total. The van der Waals surface area contributed by atoms with Crippen molar-refractivity contribution in [3.8, 4) is 11.5 Å². The molecular formula is C30H28O6. The minimum atomic E-state index is -0.922. The second kappa shape index (κ2) is 15.1. The van der Waals surface area contributed by atoms with E-state index >= 15 is 0 Å². The first kappa shape index (κ1) is 27.4. The van der Waals surface area contributed by atoms with Gasteiger partial charge in [0.2, 0.25) is 0 Å². The van der Waals surface area contributed by atoms with Crippen LogP contribution in [0, 0.1) is 0 Å². The van der Waals surface area contributed by atoms with Crippen molar-refractivity contribution in [2.75, 3.05) is 0 Å². The molecule has 0 heterocycles. The fraction of sp³-hybridized carbons (Fsp3) is 0.0667. The smallest absolute Gasteiger partial charge is 0.328 e. The lowest BCUT2D eigenvalue weighted by Crippen LogP contribution is -2.07. The third-order valence-electron chi connectivity index (χ3n) is 4.85. The minimum absolute atomic E-state index is 0.0365. The van der Waals surface area contributed by atoms with Crippen molar-refractivity contribution in [2.45, 2.75) is 12.3 Å². The highest BCUT2D eigenvalue weighted by Gasteiger charge is 2.17. The summed E-state index contributed by atoms with van der Waals surface area (Å²) in [5.41, 5.74) is 2.75. The molecule has 0 aliphatic rings. The van der Waals surface area contributed by atoms with E-state index in [0.29, 0.717) is 5.75 Å². The highest BCUT2D eigenvalue weighted by molar-refractivity contribution is 5.85. The van der Waals surface area contributed by atoms with Crippen LogP contribution in [0.2, 0.25) is 0 Å². The second-order valence-electron chi connectivity index (χ2n) is 7.57. The van der Waals surface area contributed by atoms with Crippen molar-refractivity contribution in [2.24, 2.45) is 0 Å². The molecule has 6 nitrogen and oxygen atoms in total. The monoisotopic (exact) mass is 484 g/mol. The molecule has 0 amide bonds. The molecule has 0 bridgehead atoms. The number of aliphatic carboxylic acids is 2. The average molecular weight is 485 g/mol. The van der Waals surface area contributed by atoms with Gasteiger partial charge in [0.05, 0.1) is 6.42 Å². The highest BCUT2D eigenvalue weighted by atomic mass is 16.4. The summed E-state index contributed by atoms with van der Waals surface area (Å²) in [6.07, 6.45) is 2.71. The number of hydrogen-bond acceptors (Lipinski definition) is 4. The molecule has 0 aliphatic heterocycles. The molecule has 0 aromatic heterocycles. The number of hydrogen-bond donors (Lipinski definition) is 4. The van der Waals surface area contributed by atoms with E-state index in [-0.39, 0.29) is 18.1 Å². The maximum absolute atomic E-state index is 11.0. The lowest BCUT2D eigenvalue weighted by Gasteiger charge is -2.15. The molecule has 1 atom stereocenters. The second-order valence-corrected chi connectivity index (χ2v) is 7.57. The maximum Gasteiger partial charge on any atom is 0.328 e. The summed E-state index contributed by atoms with van der Waals surface area (Å²) in [6.45, 7) is 0. The predicted octanol–water partition coefficient (Wildman–Crippen LogP) is 6.18. The number of carboxylic acids is 2. The zero-order chi connectivity index (χ0) is 26.2. The summed E-state index contributed by atoms with van der Waals surface area (Å²) in [5.74, 6) is -1.45. The first-order chi connectivity index (χ1) is 17.3. The van der Waals surface area contributed by atoms with E-state index in [2.05, 4.69) is 0 Å². The number of aromatic hydroxyl groups is 2. The Morgan fingerprint density at radius 2 is 1.06 bits per heavy atom. The van der Waals surface area contributed by atoms with Gasteiger partial charge in [-0.25, -0.2) is 4.79 Å². The number of para-hydroxylation sites is 1. The topological polar surface area (TPSA) is 115 Å². The Morgan fingerprint density at radius 1 is 0.611 bits per heavy atom. The van der Waals surface area contributed by atoms with E-state index in [1.165, 1.54) is 0 Å². The molecule has 6 heteroatoms. The maximum atomic E-state index is 11.0. The van der Waals surface area contributed by atoms with Gasteiger partial charge >= 0.3 is 11.9 Å². The molecule has 0 saturated heterocycles. The largest absolute Gasteiger partial charge is 0.508 e. The van der Waals surface area contributed by atoms with Crippen LogP contribution < -0.4 is 0 Å². The third kappa shape index (κ3) is 10.9. The van der Waals surface area contributed by atoms with E-state index in [0.717, 1.165) is 22.8 Å². The first-order valence-corrected chi connectivity index (χ1v) is 11.1. The Hall–Kier alpha value is -4.84. The van der Waals surface area contributed by atoms with Gasteiger partial charge in [-0.15, -0.1) is 0 Å². The van der Waals surface area contributed by atoms with Crippen molar-refractivity contribution in [1.29, 1.82) is 0 Å². The van der Waals surface area contributed by atoms with Gasteiger partial charge in [-0.2, -0.15) is 0 Å². The van der Waals surface area contributed by atoms with Crippen LogP contribution in [0.5, 0.6) is 11.5 Å². The van der Waals surface area contributed by atoms with Crippen LogP contribution in [0.3, 0.4) is 0 Å². The van der Waals surface area contributed by atoms with Gasteiger partial charge < -0.3 is 20.4 Å². The fourth-order valence-corrected chi connectivity index (χ4v) is 3.15. The fourth-order valence-electron chi connectivity index (χ4n) is 3.15. The molecule has 0 aliphatic carbocycles. The summed E-state index contributed by atoms with van der Waals surface area (Å²) in [6, 6.07) is 34.2. The molecule has 36 heavy (non-hydrogen) atoms. The van der Waals surface area contributed by atoms with Crippen LogP contribution in [-0.2, 0) is 9.59 Å². The predicted molar refractivity (Wildman–Crippen MR) is 140 cm³/mol. The van der Waals surface area contributed by atoms with Gasteiger partial charge in [0.25, 0.3) is 0 Å². The molecule has 1 unspecified atom stereocenters. The normalized spacial score (nSPS) is 10.8. The summed E-state index contributed by atoms with van der Waals surface area (Å²) in [7, 11) is 0. The summed E-state index contributed by atoms with van der Waals surface area (Å²) < 4.78 is 0. The Balaban J connectivity index is 0.000000214. The molecule has 0 fully saturated rings. The lowest BCUT2D eigenvalue weighted by molar-refractivity contribution is -0.137. The number of phenols is 2. The molecule has 4 aromatic rings. The molecule has 4 aromatic carbocycles. The Labute approximate surface area is 210 Å². The van der Waals surface area contributed by atoms with Crippen molar-refractivity contribution in [3.05, 3.63) is 138 Å². The van der Waals surface area contributed by atoms with Crippen LogP contribution in [0.25, 0.3) is 6.08 Å². The van der Waals surface area contributed by atoms with Gasteiger partial charge in [-0.1, -0.05) is 91.0 Å². The van der Waals surface area contributed by atoms with Crippen molar-refractivity contribution in [1.82, 2.24) is 0 Å². The summed E-state index contributed by atoms with van der Waals surface area (Å²) in [4.78, 5) is 21.1. The first-order valence-electron chi connectivity index (χ1n) is 11.1. The lowest BCUT2D eigenvalue weighted by atomic mass is 9.88. The van der Waals surface area contributed by atoms with E-state index < -0.39 is 11.9 Å². The molecule has 184 valence electrons. The van der Waals surface area contributed by atoms with E-state index in [4.69, 9.17) is 15.3 Å². The molecule has 0 radical (unpaired) electrons. The standard InChI is InChI=1S/C15H14O3.C9H8O2.C6H6O/c16-13-8-6-12(7-9-13)14(10-15(17)18)11-4-2-1-3-5-11;10-9(11)7-6-8-4-2-1-3-5-8;7-6-4-2-1-3-5-6/h1-9,14,16H,10H2,(H,17,18);1-7H,(H,10,11);1-5,7H/b;7-6+;. The van der Waals surface area contributed by atoms with Crippen LogP contribution in [0.1, 0.15) is 29.0 Å². The van der Waals surface area contributed by atoms with Crippen molar-refractivity contribution in [3.63, 3.8) is 0 Å². The molecule has 0 spiro atoms. The van der Waals surface area contributed by atoms with Crippen LogP contribution in [-0.4, -0.2) is 32.4 Å². The number of carboxylic acid groups (broad SMARTS) is 2. The van der Waals surface area contributed by atoms with Gasteiger partial charge in [0.1, 0.15) is 11.5 Å². The third-order valence-corrected chi connectivity index (χ3v) is 4.85. The highest BCUT2D eigenvalue weighted by Crippen LogP contribution is 2.29.